The van der Waals surface area contributed by atoms with E-state index in [1.807, 2.05) is 25.8 Å². The Morgan fingerprint density at radius 3 is 1.92 bits per heavy atom. The van der Waals surface area contributed by atoms with E-state index in [1.165, 1.54) is 6.07 Å². The van der Waals surface area contributed by atoms with Crippen LogP contribution in [-0.4, -0.2) is 23.3 Å². The van der Waals surface area contributed by atoms with Gasteiger partial charge in [0, 0.05) is 37.0 Å². The molecule has 0 unspecified atom stereocenters. The van der Waals surface area contributed by atoms with Crippen LogP contribution < -0.4 is 4.90 Å². The molecule has 0 fully saturated rings. The first-order valence-electron chi connectivity index (χ1n) is 4.26. The molecule has 0 aliphatic rings. The highest BCUT2D eigenvalue weighted by atomic mass is 16.3. The van der Waals surface area contributed by atoms with E-state index in [0.29, 0.717) is 6.04 Å². The van der Waals surface area contributed by atoms with E-state index in [4.69, 9.17) is 0 Å². The van der Waals surface area contributed by atoms with Crippen molar-refractivity contribution in [1.82, 2.24) is 0 Å². The van der Waals surface area contributed by atoms with Crippen LogP contribution in [0.25, 0.3) is 0 Å². The number of hydrogen-bond donors (Lipinski definition) is 2. The van der Waals surface area contributed by atoms with Gasteiger partial charge in [-0.15, -0.1) is 0 Å². The van der Waals surface area contributed by atoms with Crippen molar-refractivity contribution in [2.45, 2.75) is 19.9 Å². The summed E-state index contributed by atoms with van der Waals surface area (Å²) in [6.45, 7) is 4.09. The second-order valence-electron chi connectivity index (χ2n) is 3.41. The minimum Gasteiger partial charge on any atom is -0.508 e. The Hall–Kier alpha value is -1.38. The average Bonchev–Trinajstić information content (AvgIpc) is 2.01. The number of benzene rings is 1. The van der Waals surface area contributed by atoms with Crippen LogP contribution in [0.5, 0.6) is 11.5 Å². The number of aromatic hydroxyl groups is 2. The summed E-state index contributed by atoms with van der Waals surface area (Å²) in [5, 5.41) is 18.5. The van der Waals surface area contributed by atoms with Crippen LogP contribution in [0, 0.1) is 0 Å². The van der Waals surface area contributed by atoms with Crippen LogP contribution in [-0.2, 0) is 0 Å². The van der Waals surface area contributed by atoms with E-state index >= 15 is 0 Å². The van der Waals surface area contributed by atoms with Gasteiger partial charge in [0.1, 0.15) is 11.5 Å². The summed E-state index contributed by atoms with van der Waals surface area (Å²) in [4.78, 5) is 1.97. The molecule has 0 saturated heterocycles. The van der Waals surface area contributed by atoms with Gasteiger partial charge >= 0.3 is 0 Å². The van der Waals surface area contributed by atoms with Crippen LogP contribution in [0.4, 0.5) is 5.69 Å². The monoisotopic (exact) mass is 181 g/mol. The van der Waals surface area contributed by atoms with Crippen molar-refractivity contribution in [3.63, 3.8) is 0 Å². The van der Waals surface area contributed by atoms with Crippen molar-refractivity contribution in [2.75, 3.05) is 11.9 Å². The zero-order valence-electron chi connectivity index (χ0n) is 8.15. The van der Waals surface area contributed by atoms with Gasteiger partial charge in [-0.25, -0.2) is 0 Å². The molecule has 0 bridgehead atoms. The fraction of sp³-hybridized carbons (Fsp3) is 0.400. The number of hydrogen-bond acceptors (Lipinski definition) is 3. The molecule has 13 heavy (non-hydrogen) atoms. The Balaban J connectivity index is 3.01. The molecule has 0 aliphatic heterocycles. The van der Waals surface area contributed by atoms with E-state index in [-0.39, 0.29) is 11.5 Å². The highest BCUT2D eigenvalue weighted by Crippen LogP contribution is 2.26. The predicted molar refractivity (Wildman–Crippen MR) is 53.3 cm³/mol. The molecule has 0 amide bonds. The molecule has 2 N–H and O–H groups in total. The molecule has 0 aliphatic carbocycles. The number of phenolic OH excluding ortho intramolecular Hbond substituents is 2. The second kappa shape index (κ2) is 3.56. The van der Waals surface area contributed by atoms with Gasteiger partial charge in [-0.2, -0.15) is 0 Å². The molecule has 0 atom stereocenters. The maximum absolute atomic E-state index is 9.24. The largest absolute Gasteiger partial charge is 0.508 e. The summed E-state index contributed by atoms with van der Waals surface area (Å²) in [6.07, 6.45) is 0. The van der Waals surface area contributed by atoms with Crippen molar-refractivity contribution < 1.29 is 10.2 Å². The zero-order chi connectivity index (χ0) is 10.0. The van der Waals surface area contributed by atoms with Crippen molar-refractivity contribution in [2.24, 2.45) is 0 Å². The van der Waals surface area contributed by atoms with Crippen molar-refractivity contribution >= 4 is 5.69 Å². The lowest BCUT2D eigenvalue weighted by molar-refractivity contribution is 0.450. The van der Waals surface area contributed by atoms with E-state index in [1.54, 1.807) is 12.1 Å². The Kier molecular flexibility index (Phi) is 2.66. The topological polar surface area (TPSA) is 43.7 Å². The molecule has 3 heteroatoms. The fourth-order valence-electron chi connectivity index (χ4n) is 1.08. The maximum atomic E-state index is 9.24. The van der Waals surface area contributed by atoms with Crippen LogP contribution in [0.1, 0.15) is 13.8 Å². The summed E-state index contributed by atoms with van der Waals surface area (Å²) < 4.78 is 0. The van der Waals surface area contributed by atoms with Crippen molar-refractivity contribution in [3.05, 3.63) is 18.2 Å². The molecule has 1 aromatic carbocycles. The molecule has 0 aromatic heterocycles. The summed E-state index contributed by atoms with van der Waals surface area (Å²) in [5.41, 5.74) is 0.813. The highest BCUT2D eigenvalue weighted by Gasteiger charge is 2.06. The summed E-state index contributed by atoms with van der Waals surface area (Å²) in [6, 6.07) is 4.90. The molecule has 0 saturated carbocycles. The molecule has 1 aromatic rings. The molecule has 0 radical (unpaired) electrons. The lowest BCUT2D eigenvalue weighted by Crippen LogP contribution is -2.25. The maximum Gasteiger partial charge on any atom is 0.121 e. The number of phenols is 2. The standard InChI is InChI=1S/C10H15NO2/c1-7(2)11(3)8-4-9(12)6-10(13)5-8/h4-7,12-13H,1-3H3. The molecule has 72 valence electrons. The Bertz CT molecular complexity index is 277. The number of anilines is 1. The first kappa shape index (κ1) is 9.71. The summed E-state index contributed by atoms with van der Waals surface area (Å²) in [5.74, 6) is 0.171. The molecule has 1 rings (SSSR count). The van der Waals surface area contributed by atoms with Crippen LogP contribution in [0.2, 0.25) is 0 Å². The first-order valence-corrected chi connectivity index (χ1v) is 4.26. The zero-order valence-corrected chi connectivity index (χ0v) is 8.15. The van der Waals surface area contributed by atoms with Crippen LogP contribution in [0.15, 0.2) is 18.2 Å². The van der Waals surface area contributed by atoms with Gasteiger partial charge in [0.05, 0.1) is 0 Å². The third kappa shape index (κ3) is 2.28. The first-order chi connectivity index (χ1) is 6.00. The summed E-state index contributed by atoms with van der Waals surface area (Å²) >= 11 is 0. The molecule has 0 spiro atoms. The second-order valence-corrected chi connectivity index (χ2v) is 3.41. The van der Waals surface area contributed by atoms with E-state index in [2.05, 4.69) is 0 Å². The van der Waals surface area contributed by atoms with E-state index in [0.717, 1.165) is 5.69 Å². The fourth-order valence-corrected chi connectivity index (χ4v) is 1.08. The van der Waals surface area contributed by atoms with Gasteiger partial charge < -0.3 is 15.1 Å². The van der Waals surface area contributed by atoms with Gasteiger partial charge in [-0.3, -0.25) is 0 Å². The predicted octanol–water partition coefficient (Wildman–Crippen LogP) is 1.94. The quantitative estimate of drug-likeness (QED) is 0.732. The van der Waals surface area contributed by atoms with Gasteiger partial charge in [-0.05, 0) is 13.8 Å². The van der Waals surface area contributed by atoms with Gasteiger partial charge in [0.15, 0.2) is 0 Å². The molecule has 0 heterocycles. The number of nitrogens with zero attached hydrogens (tertiary/aromatic N) is 1. The summed E-state index contributed by atoms with van der Waals surface area (Å²) in [7, 11) is 1.92. The van der Waals surface area contributed by atoms with Crippen LogP contribution >= 0.6 is 0 Å². The van der Waals surface area contributed by atoms with Crippen LogP contribution in [0.3, 0.4) is 0 Å². The number of rotatable bonds is 2. The van der Waals surface area contributed by atoms with Gasteiger partial charge in [0.2, 0.25) is 0 Å². The third-order valence-electron chi connectivity index (χ3n) is 2.07. The smallest absolute Gasteiger partial charge is 0.121 e. The minimum absolute atomic E-state index is 0.0856. The molecule has 3 nitrogen and oxygen atoms in total. The Labute approximate surface area is 78.2 Å². The van der Waals surface area contributed by atoms with E-state index in [9.17, 15) is 10.2 Å². The minimum atomic E-state index is 0.0856. The third-order valence-corrected chi connectivity index (χ3v) is 2.07. The van der Waals surface area contributed by atoms with Gasteiger partial charge in [-0.1, -0.05) is 0 Å². The Morgan fingerprint density at radius 2 is 1.54 bits per heavy atom. The van der Waals surface area contributed by atoms with Gasteiger partial charge in [0.25, 0.3) is 0 Å². The Morgan fingerprint density at radius 1 is 1.08 bits per heavy atom. The lowest BCUT2D eigenvalue weighted by atomic mass is 10.2. The highest BCUT2D eigenvalue weighted by molar-refractivity contribution is 5.54. The SMILES string of the molecule is CC(C)N(C)c1cc(O)cc(O)c1. The van der Waals surface area contributed by atoms with Crippen molar-refractivity contribution in [1.29, 1.82) is 0 Å². The van der Waals surface area contributed by atoms with Crippen molar-refractivity contribution in [3.8, 4) is 11.5 Å². The van der Waals surface area contributed by atoms with E-state index < -0.39 is 0 Å². The lowest BCUT2D eigenvalue weighted by Gasteiger charge is -2.23. The normalized spacial score (nSPS) is 10.5. The average molecular weight is 181 g/mol. The molecular formula is C10H15NO2. The molecular weight excluding hydrogens is 166 g/mol.